The highest BCUT2D eigenvalue weighted by atomic mass is 35.5. The minimum atomic E-state index is -0.225. The molecule has 1 atom stereocenters. The lowest BCUT2D eigenvalue weighted by atomic mass is 9.91. The number of fused-ring (bicyclic) bond motifs is 1. The van der Waals surface area contributed by atoms with Crippen LogP contribution in [0.5, 0.6) is 11.5 Å². The van der Waals surface area contributed by atoms with Gasteiger partial charge < -0.3 is 24.7 Å². The number of rotatable bonds is 9. The molecular formula is C28H36ClN9O3. The molecule has 1 fully saturated rings. The molecule has 4 aromatic rings. The van der Waals surface area contributed by atoms with Crippen molar-refractivity contribution < 1.29 is 14.3 Å². The number of aromatic nitrogens is 6. The molecule has 41 heavy (non-hydrogen) atoms. The monoisotopic (exact) mass is 581 g/mol. The minimum Gasteiger partial charge on any atom is -0.454 e. The van der Waals surface area contributed by atoms with Gasteiger partial charge in [-0.1, -0.05) is 32.4 Å². The second-order valence-electron chi connectivity index (χ2n) is 11.2. The lowest BCUT2D eigenvalue weighted by molar-refractivity contribution is -0.114. The van der Waals surface area contributed by atoms with E-state index >= 15 is 0 Å². The van der Waals surface area contributed by atoms with Crippen molar-refractivity contribution in [1.29, 1.82) is 0 Å². The van der Waals surface area contributed by atoms with E-state index in [1.54, 1.807) is 25.4 Å². The van der Waals surface area contributed by atoms with E-state index in [9.17, 15) is 4.79 Å². The first-order chi connectivity index (χ1) is 19.5. The van der Waals surface area contributed by atoms with E-state index in [0.717, 1.165) is 38.4 Å². The zero-order valence-corrected chi connectivity index (χ0v) is 25.0. The van der Waals surface area contributed by atoms with Gasteiger partial charge in [0.15, 0.2) is 17.2 Å². The van der Waals surface area contributed by atoms with Crippen molar-refractivity contribution >= 4 is 46.3 Å². The lowest BCUT2D eigenvalue weighted by Crippen LogP contribution is -2.27. The molecule has 12 nitrogen and oxygen atoms in total. The van der Waals surface area contributed by atoms with E-state index < -0.39 is 0 Å². The van der Waals surface area contributed by atoms with Crippen LogP contribution in [-0.4, -0.2) is 73.5 Å². The van der Waals surface area contributed by atoms with Gasteiger partial charge in [-0.15, -0.1) is 0 Å². The van der Waals surface area contributed by atoms with E-state index in [2.05, 4.69) is 62.0 Å². The molecule has 1 aliphatic rings. The predicted molar refractivity (Wildman–Crippen MR) is 158 cm³/mol. The first-order valence-corrected chi connectivity index (χ1v) is 13.9. The van der Waals surface area contributed by atoms with Crippen LogP contribution in [0.25, 0.3) is 11.2 Å². The van der Waals surface area contributed by atoms with Crippen molar-refractivity contribution in [3.63, 3.8) is 0 Å². The van der Waals surface area contributed by atoms with E-state index in [1.165, 1.54) is 13.1 Å². The highest BCUT2D eigenvalue weighted by molar-refractivity contribution is 6.36. The molecule has 0 spiro atoms. The van der Waals surface area contributed by atoms with Gasteiger partial charge in [-0.3, -0.25) is 14.4 Å². The van der Waals surface area contributed by atoms with Crippen LogP contribution in [-0.2, 0) is 22.0 Å². The molecule has 2 N–H and O–H groups in total. The molecular weight excluding hydrogens is 546 g/mol. The maximum absolute atomic E-state index is 11.4. The molecule has 1 aliphatic heterocycles. The molecule has 0 aliphatic carbocycles. The summed E-state index contributed by atoms with van der Waals surface area (Å²) in [6.07, 6.45) is 4.11. The normalized spacial score (nSPS) is 15.9. The third-order valence-electron chi connectivity index (χ3n) is 7.02. The molecule has 4 aromatic heterocycles. The Bertz CT molecular complexity index is 1560. The number of pyridine rings is 2. The van der Waals surface area contributed by atoms with E-state index in [4.69, 9.17) is 26.2 Å². The number of ether oxygens (including phenoxy) is 2. The molecule has 0 unspecified atom stereocenters. The van der Waals surface area contributed by atoms with Crippen LogP contribution in [0.4, 0.5) is 17.6 Å². The molecule has 1 saturated heterocycles. The molecule has 218 valence electrons. The number of amides is 1. The second kappa shape index (κ2) is 11.6. The van der Waals surface area contributed by atoms with Crippen molar-refractivity contribution in [2.24, 2.45) is 7.05 Å². The molecule has 5 rings (SSSR count). The van der Waals surface area contributed by atoms with Gasteiger partial charge in [0.1, 0.15) is 22.1 Å². The molecule has 5 heterocycles. The molecule has 0 radical (unpaired) electrons. The summed E-state index contributed by atoms with van der Waals surface area (Å²) < 4.78 is 15.3. The number of methoxy groups -OCH3 is 1. The van der Waals surface area contributed by atoms with Crippen molar-refractivity contribution in [2.75, 3.05) is 44.0 Å². The third kappa shape index (κ3) is 6.29. The number of likely N-dealkylation sites (tertiary alicyclic amines) is 1. The summed E-state index contributed by atoms with van der Waals surface area (Å²) >= 11 is 6.79. The summed E-state index contributed by atoms with van der Waals surface area (Å²) in [6, 6.07) is 5.67. The van der Waals surface area contributed by atoms with Crippen LogP contribution < -0.4 is 15.4 Å². The number of imidazole rings is 1. The predicted octanol–water partition coefficient (Wildman–Crippen LogP) is 4.90. The second-order valence-corrected chi connectivity index (χ2v) is 11.6. The zero-order chi connectivity index (χ0) is 29.3. The number of halogens is 1. The van der Waals surface area contributed by atoms with E-state index in [0.29, 0.717) is 45.3 Å². The topological polar surface area (TPSA) is 124 Å². The Labute approximate surface area is 244 Å². The molecule has 0 bridgehead atoms. The van der Waals surface area contributed by atoms with Crippen molar-refractivity contribution in [3.05, 3.63) is 41.3 Å². The number of carbonyl (C=O) groups excluding carboxylic acids is 1. The largest absolute Gasteiger partial charge is 0.454 e. The summed E-state index contributed by atoms with van der Waals surface area (Å²) in [5.41, 5.74) is 2.15. The summed E-state index contributed by atoms with van der Waals surface area (Å²) in [6.45, 7) is 11.6. The number of aryl methyl sites for hydroxylation is 1. The first-order valence-electron chi connectivity index (χ1n) is 13.5. The fourth-order valence-corrected chi connectivity index (χ4v) is 5.29. The van der Waals surface area contributed by atoms with Crippen molar-refractivity contribution in [2.45, 2.75) is 45.6 Å². The van der Waals surface area contributed by atoms with Crippen LogP contribution >= 0.6 is 11.6 Å². The highest BCUT2D eigenvalue weighted by Crippen LogP contribution is 2.37. The quantitative estimate of drug-likeness (QED) is 0.284. The Kier molecular flexibility index (Phi) is 8.16. The third-order valence-corrected chi connectivity index (χ3v) is 7.38. The zero-order valence-electron chi connectivity index (χ0n) is 24.2. The number of hydrogen-bond donors (Lipinski definition) is 2. The number of carbonyl (C=O) groups is 1. The number of nitrogens with one attached hydrogen (secondary N) is 2. The van der Waals surface area contributed by atoms with Crippen LogP contribution in [0, 0.1) is 0 Å². The van der Waals surface area contributed by atoms with Gasteiger partial charge in [-0.2, -0.15) is 10.1 Å². The van der Waals surface area contributed by atoms with Gasteiger partial charge in [0.25, 0.3) is 0 Å². The molecule has 1 amide bonds. The maximum atomic E-state index is 11.4. The highest BCUT2D eigenvalue weighted by Gasteiger charge is 2.30. The van der Waals surface area contributed by atoms with Gasteiger partial charge in [-0.05, 0) is 12.5 Å². The fraction of sp³-hybridized carbons (Fsp3) is 0.464. The van der Waals surface area contributed by atoms with Gasteiger partial charge in [0, 0.05) is 70.2 Å². The summed E-state index contributed by atoms with van der Waals surface area (Å²) in [4.78, 5) is 27.1. The number of hydrogen-bond acceptors (Lipinski definition) is 9. The SMILES string of the molecule is COCCN1CC[C@@H](n2nc(Nc3nc4ncc(Oc5ccnc(NC(C)=O)c5)c(Cl)c4n3C)cc2C(C)(C)C)C1. The molecule has 13 heteroatoms. The van der Waals surface area contributed by atoms with E-state index in [-0.39, 0.29) is 17.4 Å². The average Bonchev–Trinajstić information content (AvgIpc) is 3.62. The smallest absolute Gasteiger partial charge is 0.222 e. The average molecular weight is 582 g/mol. The standard InChI is InChI=1S/C28H36ClN9O3/c1-17(39)32-22-13-19(7-9-30-22)41-20-15-31-26-25(24(20)29)36(5)27(34-26)33-23-14-21(28(2,3)4)38(35-23)18-8-10-37(16-18)11-12-40-6/h7,9,13-15,18H,8,10-12,16H2,1-6H3,(H,30,32,39)(H,31,33,34,35)/t18-/m1/s1. The Morgan fingerprint density at radius 2 is 2.02 bits per heavy atom. The Morgan fingerprint density at radius 1 is 1.22 bits per heavy atom. The van der Waals surface area contributed by atoms with Crippen molar-refractivity contribution in [3.8, 4) is 11.5 Å². The number of nitrogens with zero attached hydrogens (tertiary/aromatic N) is 7. The maximum Gasteiger partial charge on any atom is 0.222 e. The Morgan fingerprint density at radius 3 is 2.76 bits per heavy atom. The lowest BCUT2D eigenvalue weighted by Gasteiger charge is -2.23. The van der Waals surface area contributed by atoms with Gasteiger partial charge >= 0.3 is 0 Å². The summed E-state index contributed by atoms with van der Waals surface area (Å²) in [7, 11) is 3.60. The van der Waals surface area contributed by atoms with Crippen LogP contribution in [0.1, 0.15) is 45.9 Å². The first kappa shape index (κ1) is 28.8. The Hall–Kier alpha value is -3.74. The van der Waals surface area contributed by atoms with E-state index in [1.807, 2.05) is 11.6 Å². The fourth-order valence-electron chi connectivity index (χ4n) is 4.99. The van der Waals surface area contributed by atoms with Gasteiger partial charge in [0.05, 0.1) is 18.8 Å². The summed E-state index contributed by atoms with van der Waals surface area (Å²) in [5.74, 6) is 2.23. The van der Waals surface area contributed by atoms with Gasteiger partial charge in [0.2, 0.25) is 11.9 Å². The molecule has 0 saturated carbocycles. The number of anilines is 3. The minimum absolute atomic E-state index is 0.0942. The van der Waals surface area contributed by atoms with Crippen molar-refractivity contribution in [1.82, 2.24) is 34.2 Å². The van der Waals surface area contributed by atoms with Crippen LogP contribution in [0.3, 0.4) is 0 Å². The molecule has 0 aromatic carbocycles. The van der Waals surface area contributed by atoms with Crippen LogP contribution in [0.15, 0.2) is 30.6 Å². The Balaban J connectivity index is 1.40. The van der Waals surface area contributed by atoms with Gasteiger partial charge in [-0.25, -0.2) is 9.97 Å². The summed E-state index contributed by atoms with van der Waals surface area (Å²) in [5, 5.41) is 11.4. The van der Waals surface area contributed by atoms with Crippen LogP contribution in [0.2, 0.25) is 5.02 Å².